The fraction of sp³-hybridized carbons (Fsp3) is 0.462. The molecule has 0 aliphatic carbocycles. The summed E-state index contributed by atoms with van der Waals surface area (Å²) in [5.74, 6) is -0.917. The highest BCUT2D eigenvalue weighted by Crippen LogP contribution is 2.27. The van der Waals surface area contributed by atoms with Gasteiger partial charge in [-0.25, -0.2) is 8.78 Å². The summed E-state index contributed by atoms with van der Waals surface area (Å²) in [4.78, 5) is 2.03. The molecule has 112 valence electrons. The minimum absolute atomic E-state index is 0. The van der Waals surface area contributed by atoms with Gasteiger partial charge in [-0.2, -0.15) is 5.26 Å². The molecule has 1 atom stereocenters. The van der Waals surface area contributed by atoms with Crippen LogP contribution in [0.3, 0.4) is 0 Å². The van der Waals surface area contributed by atoms with Gasteiger partial charge in [0.1, 0.15) is 11.6 Å². The Kier molecular flexibility index (Phi) is 8.67. The maximum absolute atomic E-state index is 13.8. The van der Waals surface area contributed by atoms with Gasteiger partial charge < -0.3 is 5.32 Å². The van der Waals surface area contributed by atoms with E-state index in [4.69, 9.17) is 5.26 Å². The van der Waals surface area contributed by atoms with E-state index in [0.717, 1.165) is 38.3 Å². The van der Waals surface area contributed by atoms with Crippen LogP contribution in [0.2, 0.25) is 0 Å². The van der Waals surface area contributed by atoms with Gasteiger partial charge >= 0.3 is 0 Å². The third kappa shape index (κ3) is 4.57. The van der Waals surface area contributed by atoms with E-state index in [9.17, 15) is 8.78 Å². The lowest BCUT2D eigenvalue weighted by atomic mass is 10.0. The number of rotatable bonds is 3. The third-order valence-electron chi connectivity index (χ3n) is 3.19. The predicted octanol–water partition coefficient (Wildman–Crippen LogP) is 2.67. The van der Waals surface area contributed by atoms with Crippen LogP contribution in [0, 0.1) is 23.0 Å². The molecule has 0 radical (unpaired) electrons. The molecule has 1 aliphatic heterocycles. The molecule has 7 heteroatoms. The average molecular weight is 324 g/mol. The molecular formula is C13H17Cl2F2N3. The van der Waals surface area contributed by atoms with E-state index >= 15 is 0 Å². The van der Waals surface area contributed by atoms with Crippen molar-refractivity contribution in [3.63, 3.8) is 0 Å². The van der Waals surface area contributed by atoms with Crippen LogP contribution in [0.4, 0.5) is 8.78 Å². The third-order valence-corrected chi connectivity index (χ3v) is 3.19. The van der Waals surface area contributed by atoms with E-state index in [1.165, 1.54) is 6.07 Å². The number of piperazine rings is 1. The molecule has 1 saturated heterocycles. The summed E-state index contributed by atoms with van der Waals surface area (Å²) in [5, 5.41) is 12.1. The molecule has 2 rings (SSSR count). The SMILES string of the molecule is Cl.Cl.N#CC[C@@H](c1cc(F)ccc1F)N1CCNCC1. The van der Waals surface area contributed by atoms with Crippen LogP contribution in [0.15, 0.2) is 18.2 Å². The molecule has 1 aliphatic rings. The summed E-state index contributed by atoms with van der Waals surface area (Å²) >= 11 is 0. The van der Waals surface area contributed by atoms with Gasteiger partial charge in [-0.15, -0.1) is 24.8 Å². The van der Waals surface area contributed by atoms with Gasteiger partial charge in [-0.05, 0) is 18.2 Å². The van der Waals surface area contributed by atoms with Crippen LogP contribution in [0.5, 0.6) is 0 Å². The summed E-state index contributed by atoms with van der Waals surface area (Å²) in [7, 11) is 0. The lowest BCUT2D eigenvalue weighted by Crippen LogP contribution is -2.45. The molecule has 0 spiro atoms. The zero-order valence-corrected chi connectivity index (χ0v) is 12.4. The van der Waals surface area contributed by atoms with Crippen LogP contribution in [-0.2, 0) is 0 Å². The van der Waals surface area contributed by atoms with Crippen molar-refractivity contribution < 1.29 is 8.78 Å². The van der Waals surface area contributed by atoms with Crippen LogP contribution >= 0.6 is 24.8 Å². The van der Waals surface area contributed by atoms with Gasteiger partial charge in [0.2, 0.25) is 0 Å². The highest BCUT2D eigenvalue weighted by molar-refractivity contribution is 5.85. The molecule has 0 aromatic heterocycles. The monoisotopic (exact) mass is 323 g/mol. The van der Waals surface area contributed by atoms with Crippen molar-refractivity contribution in [3.8, 4) is 6.07 Å². The predicted molar refractivity (Wildman–Crippen MR) is 78.3 cm³/mol. The van der Waals surface area contributed by atoms with E-state index in [1.54, 1.807) is 0 Å². The fourth-order valence-electron chi connectivity index (χ4n) is 2.29. The first-order valence-electron chi connectivity index (χ1n) is 5.99. The number of hydrogen-bond donors (Lipinski definition) is 1. The Bertz CT molecular complexity index is 459. The van der Waals surface area contributed by atoms with Crippen molar-refractivity contribution in [2.45, 2.75) is 12.5 Å². The minimum Gasteiger partial charge on any atom is -0.314 e. The Labute approximate surface area is 129 Å². The second-order valence-corrected chi connectivity index (χ2v) is 4.33. The Morgan fingerprint density at radius 2 is 1.90 bits per heavy atom. The van der Waals surface area contributed by atoms with Crippen molar-refractivity contribution in [1.29, 1.82) is 5.26 Å². The Morgan fingerprint density at radius 3 is 2.50 bits per heavy atom. The second-order valence-electron chi connectivity index (χ2n) is 4.33. The van der Waals surface area contributed by atoms with Crippen LogP contribution in [0.1, 0.15) is 18.0 Å². The summed E-state index contributed by atoms with van der Waals surface area (Å²) in [6.45, 7) is 3.09. The topological polar surface area (TPSA) is 39.1 Å². The van der Waals surface area contributed by atoms with E-state index < -0.39 is 11.6 Å². The Morgan fingerprint density at radius 1 is 1.25 bits per heavy atom. The van der Waals surface area contributed by atoms with E-state index in [-0.39, 0.29) is 42.8 Å². The zero-order valence-electron chi connectivity index (χ0n) is 10.8. The molecule has 1 aromatic rings. The fourth-order valence-corrected chi connectivity index (χ4v) is 2.29. The number of nitrogens with zero attached hydrogens (tertiary/aromatic N) is 2. The molecule has 3 nitrogen and oxygen atoms in total. The minimum atomic E-state index is -0.468. The zero-order chi connectivity index (χ0) is 13.0. The molecule has 1 N–H and O–H groups in total. The van der Waals surface area contributed by atoms with Crippen LogP contribution < -0.4 is 5.32 Å². The molecule has 1 fully saturated rings. The smallest absolute Gasteiger partial charge is 0.128 e. The van der Waals surface area contributed by atoms with Gasteiger partial charge in [0.05, 0.1) is 18.5 Å². The maximum atomic E-state index is 13.8. The molecule has 1 heterocycles. The Balaban J connectivity index is 0.00000180. The van der Waals surface area contributed by atoms with Crippen molar-refractivity contribution in [3.05, 3.63) is 35.4 Å². The second kappa shape index (κ2) is 9.09. The van der Waals surface area contributed by atoms with Crippen LogP contribution in [0.25, 0.3) is 0 Å². The van der Waals surface area contributed by atoms with Gasteiger partial charge in [0.25, 0.3) is 0 Å². The first-order valence-corrected chi connectivity index (χ1v) is 5.99. The average Bonchev–Trinajstić information content (AvgIpc) is 2.40. The first kappa shape index (κ1) is 19.1. The van der Waals surface area contributed by atoms with E-state index in [1.807, 2.05) is 4.90 Å². The summed E-state index contributed by atoms with van der Waals surface area (Å²) in [6.07, 6.45) is 0.167. The van der Waals surface area contributed by atoms with Gasteiger partial charge in [0, 0.05) is 31.7 Å². The summed E-state index contributed by atoms with van der Waals surface area (Å²) in [5.41, 5.74) is 0.276. The first-order chi connectivity index (χ1) is 8.72. The molecule has 1 aromatic carbocycles. The maximum Gasteiger partial charge on any atom is 0.128 e. The number of benzene rings is 1. The summed E-state index contributed by atoms with van der Waals surface area (Å²) in [6, 6.07) is 5.10. The normalized spacial score (nSPS) is 16.4. The number of halogens is 4. The number of nitrogens with one attached hydrogen (secondary N) is 1. The number of hydrogen-bond acceptors (Lipinski definition) is 3. The largest absolute Gasteiger partial charge is 0.314 e. The van der Waals surface area contributed by atoms with Crippen LogP contribution in [-0.4, -0.2) is 31.1 Å². The summed E-state index contributed by atoms with van der Waals surface area (Å²) < 4.78 is 27.0. The molecular weight excluding hydrogens is 307 g/mol. The van der Waals surface area contributed by atoms with Gasteiger partial charge in [0.15, 0.2) is 0 Å². The molecule has 0 unspecified atom stereocenters. The van der Waals surface area contributed by atoms with Gasteiger partial charge in [-0.1, -0.05) is 0 Å². The molecule has 20 heavy (non-hydrogen) atoms. The van der Waals surface area contributed by atoms with Crippen molar-refractivity contribution in [2.75, 3.05) is 26.2 Å². The Hall–Kier alpha value is -0.930. The van der Waals surface area contributed by atoms with Crippen molar-refractivity contribution >= 4 is 24.8 Å². The van der Waals surface area contributed by atoms with E-state index in [2.05, 4.69) is 11.4 Å². The highest BCUT2D eigenvalue weighted by atomic mass is 35.5. The lowest BCUT2D eigenvalue weighted by molar-refractivity contribution is 0.172. The van der Waals surface area contributed by atoms with Gasteiger partial charge in [-0.3, -0.25) is 4.90 Å². The molecule has 0 saturated carbocycles. The quantitative estimate of drug-likeness (QED) is 0.929. The van der Waals surface area contributed by atoms with Crippen molar-refractivity contribution in [1.82, 2.24) is 10.2 Å². The highest BCUT2D eigenvalue weighted by Gasteiger charge is 2.24. The standard InChI is InChI=1S/C13H15F2N3.2ClH/c14-10-1-2-12(15)11(9-10)13(3-4-16)18-7-5-17-6-8-18;;/h1-2,9,13,17H,3,5-8H2;2*1H/t13-;;/m0../s1. The molecule has 0 bridgehead atoms. The number of nitriles is 1. The van der Waals surface area contributed by atoms with Crippen molar-refractivity contribution in [2.24, 2.45) is 0 Å². The molecule has 0 amide bonds. The van der Waals surface area contributed by atoms with E-state index in [0.29, 0.717) is 0 Å². The lowest BCUT2D eigenvalue weighted by Gasteiger charge is -2.34.